The molecule has 25 heavy (non-hydrogen) atoms. The van der Waals surface area contributed by atoms with Gasteiger partial charge in [-0.25, -0.2) is 0 Å². The van der Waals surface area contributed by atoms with Gasteiger partial charge in [0.05, 0.1) is 0 Å². The average molecular weight is 338 g/mol. The Morgan fingerprint density at radius 2 is 1.80 bits per heavy atom. The molecule has 0 bridgehead atoms. The number of carbonyl (C=O) groups excluding carboxylic acids is 3. The monoisotopic (exact) mass is 338 g/mol. The van der Waals surface area contributed by atoms with Crippen LogP contribution in [0.5, 0.6) is 0 Å². The highest BCUT2D eigenvalue weighted by Crippen LogP contribution is 2.16. The SMILES string of the molecule is C=CCNC(=O)c1cc(C(=O)Nc2cccc(NC(C)=O)c2)ccn1. The van der Waals surface area contributed by atoms with Crippen LogP contribution in [-0.2, 0) is 4.79 Å². The number of benzene rings is 1. The zero-order chi connectivity index (χ0) is 18.2. The summed E-state index contributed by atoms with van der Waals surface area (Å²) < 4.78 is 0. The molecule has 0 atom stereocenters. The third kappa shape index (κ3) is 5.28. The summed E-state index contributed by atoms with van der Waals surface area (Å²) in [6.07, 6.45) is 2.95. The molecule has 0 unspecified atom stereocenters. The van der Waals surface area contributed by atoms with Crippen molar-refractivity contribution >= 4 is 29.1 Å². The molecule has 1 heterocycles. The summed E-state index contributed by atoms with van der Waals surface area (Å²) >= 11 is 0. The number of hydrogen-bond acceptors (Lipinski definition) is 4. The molecule has 128 valence electrons. The van der Waals surface area contributed by atoms with Gasteiger partial charge in [-0.1, -0.05) is 12.1 Å². The second kappa shape index (κ2) is 8.39. The highest BCUT2D eigenvalue weighted by Gasteiger charge is 2.12. The number of hydrogen-bond donors (Lipinski definition) is 3. The van der Waals surface area contributed by atoms with Gasteiger partial charge in [-0.2, -0.15) is 0 Å². The van der Waals surface area contributed by atoms with Gasteiger partial charge in [0.25, 0.3) is 11.8 Å². The van der Waals surface area contributed by atoms with Crippen LogP contribution in [0, 0.1) is 0 Å². The number of rotatable bonds is 6. The molecule has 0 aliphatic heterocycles. The Kier molecular flexibility index (Phi) is 6.00. The van der Waals surface area contributed by atoms with Gasteiger partial charge in [-0.3, -0.25) is 19.4 Å². The van der Waals surface area contributed by atoms with Gasteiger partial charge in [-0.05, 0) is 30.3 Å². The van der Waals surface area contributed by atoms with E-state index in [0.29, 0.717) is 23.5 Å². The van der Waals surface area contributed by atoms with Gasteiger partial charge in [-0.15, -0.1) is 6.58 Å². The Bertz CT molecular complexity index is 817. The van der Waals surface area contributed by atoms with E-state index in [1.165, 1.54) is 25.3 Å². The average Bonchev–Trinajstić information content (AvgIpc) is 2.59. The van der Waals surface area contributed by atoms with Crippen molar-refractivity contribution < 1.29 is 14.4 Å². The lowest BCUT2D eigenvalue weighted by Gasteiger charge is -2.08. The fourth-order valence-corrected chi connectivity index (χ4v) is 2.03. The highest BCUT2D eigenvalue weighted by molar-refractivity contribution is 6.06. The van der Waals surface area contributed by atoms with E-state index in [9.17, 15) is 14.4 Å². The summed E-state index contributed by atoms with van der Waals surface area (Å²) in [6.45, 7) is 5.23. The third-order valence-electron chi connectivity index (χ3n) is 3.10. The maximum Gasteiger partial charge on any atom is 0.270 e. The predicted molar refractivity (Wildman–Crippen MR) is 95.5 cm³/mol. The fraction of sp³-hybridized carbons (Fsp3) is 0.111. The molecule has 0 fully saturated rings. The molecule has 7 heteroatoms. The number of aromatic nitrogens is 1. The molecule has 7 nitrogen and oxygen atoms in total. The second-order valence-corrected chi connectivity index (χ2v) is 5.14. The van der Waals surface area contributed by atoms with Crippen LogP contribution in [0.4, 0.5) is 11.4 Å². The minimum absolute atomic E-state index is 0.140. The largest absolute Gasteiger partial charge is 0.347 e. The zero-order valence-corrected chi connectivity index (χ0v) is 13.7. The third-order valence-corrected chi connectivity index (χ3v) is 3.10. The van der Waals surface area contributed by atoms with E-state index in [4.69, 9.17) is 0 Å². The van der Waals surface area contributed by atoms with Gasteiger partial charge in [0.1, 0.15) is 5.69 Å². The van der Waals surface area contributed by atoms with Crippen molar-refractivity contribution in [2.75, 3.05) is 17.2 Å². The Hall–Kier alpha value is -3.48. The van der Waals surface area contributed by atoms with Crippen LogP contribution >= 0.6 is 0 Å². The molecule has 0 radical (unpaired) electrons. The molecule has 1 aromatic heterocycles. The van der Waals surface area contributed by atoms with Crippen molar-refractivity contribution in [2.45, 2.75) is 6.92 Å². The Morgan fingerprint density at radius 3 is 2.48 bits per heavy atom. The maximum absolute atomic E-state index is 12.4. The molecule has 0 aliphatic rings. The molecule has 2 aromatic rings. The van der Waals surface area contributed by atoms with Crippen LogP contribution in [-0.4, -0.2) is 29.3 Å². The van der Waals surface area contributed by atoms with Crippen LogP contribution in [0.25, 0.3) is 0 Å². The van der Waals surface area contributed by atoms with Crippen LogP contribution in [0.2, 0.25) is 0 Å². The first-order valence-corrected chi connectivity index (χ1v) is 7.53. The molecule has 0 aliphatic carbocycles. The van der Waals surface area contributed by atoms with Crippen molar-refractivity contribution in [3.8, 4) is 0 Å². The summed E-state index contributed by atoms with van der Waals surface area (Å²) in [5.74, 6) is -0.977. The standard InChI is InChI=1S/C18H18N4O3/c1-3-8-20-18(25)16-10-13(7-9-19-16)17(24)22-15-6-4-5-14(11-15)21-12(2)23/h3-7,9-11H,1,8H2,2H3,(H,20,25)(H,21,23)(H,22,24). The number of amides is 3. The Morgan fingerprint density at radius 1 is 1.08 bits per heavy atom. The fourth-order valence-electron chi connectivity index (χ4n) is 2.03. The number of carbonyl (C=O) groups is 3. The van der Waals surface area contributed by atoms with Crippen LogP contribution in [0.3, 0.4) is 0 Å². The van der Waals surface area contributed by atoms with E-state index in [0.717, 1.165) is 0 Å². The molecule has 3 amide bonds. The smallest absolute Gasteiger partial charge is 0.270 e. The van der Waals surface area contributed by atoms with Crippen molar-refractivity contribution in [1.29, 1.82) is 0 Å². The van der Waals surface area contributed by atoms with Crippen molar-refractivity contribution in [1.82, 2.24) is 10.3 Å². The molecule has 1 aromatic carbocycles. The van der Waals surface area contributed by atoms with Crippen LogP contribution < -0.4 is 16.0 Å². The van der Waals surface area contributed by atoms with E-state index in [1.807, 2.05) is 0 Å². The van der Waals surface area contributed by atoms with Crippen LogP contribution in [0.1, 0.15) is 27.8 Å². The molecule has 0 saturated heterocycles. The first-order valence-electron chi connectivity index (χ1n) is 7.53. The lowest BCUT2D eigenvalue weighted by atomic mass is 10.2. The molecule has 2 rings (SSSR count). The van der Waals surface area contributed by atoms with Crippen molar-refractivity contribution in [2.24, 2.45) is 0 Å². The minimum Gasteiger partial charge on any atom is -0.347 e. The number of nitrogens with zero attached hydrogens (tertiary/aromatic N) is 1. The highest BCUT2D eigenvalue weighted by atomic mass is 16.2. The summed E-state index contributed by atoms with van der Waals surface area (Å²) in [7, 11) is 0. The second-order valence-electron chi connectivity index (χ2n) is 5.14. The first-order chi connectivity index (χ1) is 12.0. The van der Waals surface area contributed by atoms with Crippen molar-refractivity contribution in [3.63, 3.8) is 0 Å². The lowest BCUT2D eigenvalue weighted by Crippen LogP contribution is -2.24. The topological polar surface area (TPSA) is 100 Å². The number of anilines is 2. The number of nitrogens with one attached hydrogen (secondary N) is 3. The first kappa shape index (κ1) is 17.9. The zero-order valence-electron chi connectivity index (χ0n) is 13.7. The Balaban J connectivity index is 2.12. The van der Waals surface area contributed by atoms with E-state index < -0.39 is 0 Å². The normalized spacial score (nSPS) is 9.80. The molecule has 0 spiro atoms. The Labute approximate surface area is 145 Å². The summed E-state index contributed by atoms with van der Waals surface area (Å²) in [6, 6.07) is 9.68. The van der Waals surface area contributed by atoms with Gasteiger partial charge < -0.3 is 16.0 Å². The van der Waals surface area contributed by atoms with Gasteiger partial charge in [0, 0.05) is 36.6 Å². The van der Waals surface area contributed by atoms with E-state index in [2.05, 4.69) is 27.5 Å². The molecule has 3 N–H and O–H groups in total. The summed E-state index contributed by atoms with van der Waals surface area (Å²) in [5, 5.41) is 7.95. The summed E-state index contributed by atoms with van der Waals surface area (Å²) in [4.78, 5) is 39.3. The quantitative estimate of drug-likeness (QED) is 0.703. The van der Waals surface area contributed by atoms with Gasteiger partial charge in [0.15, 0.2) is 0 Å². The van der Waals surface area contributed by atoms with E-state index >= 15 is 0 Å². The molecule has 0 saturated carbocycles. The van der Waals surface area contributed by atoms with Crippen LogP contribution in [0.15, 0.2) is 55.3 Å². The van der Waals surface area contributed by atoms with Gasteiger partial charge in [0.2, 0.25) is 5.91 Å². The van der Waals surface area contributed by atoms with E-state index in [1.54, 1.807) is 30.3 Å². The minimum atomic E-state index is -0.389. The summed E-state index contributed by atoms with van der Waals surface area (Å²) in [5.41, 5.74) is 1.53. The maximum atomic E-state index is 12.4. The predicted octanol–water partition coefficient (Wildman–Crippen LogP) is 2.21. The number of pyridine rings is 1. The molecular weight excluding hydrogens is 320 g/mol. The van der Waals surface area contributed by atoms with Gasteiger partial charge >= 0.3 is 0 Å². The molecular formula is C18H18N4O3. The van der Waals surface area contributed by atoms with E-state index in [-0.39, 0.29) is 23.4 Å². The lowest BCUT2D eigenvalue weighted by molar-refractivity contribution is -0.114. The van der Waals surface area contributed by atoms with Crippen molar-refractivity contribution in [3.05, 3.63) is 66.5 Å².